The van der Waals surface area contributed by atoms with Crippen molar-refractivity contribution in [3.63, 3.8) is 0 Å². The number of nitrogens with one attached hydrogen (secondary N) is 1. The number of nitrogens with zero attached hydrogens (tertiary/aromatic N) is 2. The molecular formula is C35H38BrN3O5S. The van der Waals surface area contributed by atoms with Gasteiger partial charge < -0.3 is 15.0 Å². The highest BCUT2D eigenvalue weighted by molar-refractivity contribution is 9.10. The van der Waals surface area contributed by atoms with Crippen LogP contribution in [0.5, 0.6) is 5.75 Å². The molecule has 4 aromatic rings. The number of sulfonamides is 1. The predicted octanol–water partition coefficient (Wildman–Crippen LogP) is 6.13. The number of aryl methyl sites for hydroxylation is 1. The molecule has 4 aromatic carbocycles. The van der Waals surface area contributed by atoms with Crippen LogP contribution in [-0.4, -0.2) is 51.4 Å². The Morgan fingerprint density at radius 3 is 2.09 bits per heavy atom. The Hall–Kier alpha value is -4.15. The fourth-order valence-corrected chi connectivity index (χ4v) is 7.01. The van der Waals surface area contributed by atoms with E-state index in [1.807, 2.05) is 74.5 Å². The first kappa shape index (κ1) is 33.7. The van der Waals surface area contributed by atoms with Crippen LogP contribution in [0.3, 0.4) is 0 Å². The van der Waals surface area contributed by atoms with Crippen molar-refractivity contribution >= 4 is 43.5 Å². The molecule has 236 valence electrons. The number of anilines is 1. The molecule has 1 N–H and O–H groups in total. The Kier molecular flexibility index (Phi) is 11.8. The summed E-state index contributed by atoms with van der Waals surface area (Å²) >= 11 is 3.39. The Labute approximate surface area is 274 Å². The maximum Gasteiger partial charge on any atom is 0.264 e. The number of rotatable bonds is 14. The highest BCUT2D eigenvalue weighted by Crippen LogP contribution is 2.31. The average Bonchev–Trinajstić information content (AvgIpc) is 3.05. The Balaban J connectivity index is 1.79. The van der Waals surface area contributed by atoms with Crippen molar-refractivity contribution in [1.29, 1.82) is 0 Å². The average molecular weight is 693 g/mol. The van der Waals surface area contributed by atoms with Gasteiger partial charge in [0.25, 0.3) is 10.0 Å². The maximum atomic E-state index is 14.5. The second-order valence-corrected chi connectivity index (χ2v) is 13.4. The molecule has 1 atom stereocenters. The maximum absolute atomic E-state index is 14.5. The van der Waals surface area contributed by atoms with Gasteiger partial charge in [0.15, 0.2) is 0 Å². The fraction of sp³-hybridized carbons (Fsp3) is 0.257. The van der Waals surface area contributed by atoms with Gasteiger partial charge in [0.2, 0.25) is 11.8 Å². The topological polar surface area (TPSA) is 96.0 Å². The van der Waals surface area contributed by atoms with Crippen LogP contribution in [-0.2, 0) is 32.6 Å². The Morgan fingerprint density at radius 1 is 0.889 bits per heavy atom. The van der Waals surface area contributed by atoms with Crippen LogP contribution in [0.1, 0.15) is 30.0 Å². The molecule has 0 saturated heterocycles. The van der Waals surface area contributed by atoms with Crippen molar-refractivity contribution in [3.8, 4) is 5.75 Å². The number of carbonyl (C=O) groups excluding carboxylic acids is 2. The molecule has 45 heavy (non-hydrogen) atoms. The molecule has 0 heterocycles. The Morgan fingerprint density at radius 2 is 1.51 bits per heavy atom. The molecule has 0 aliphatic carbocycles. The van der Waals surface area contributed by atoms with Gasteiger partial charge in [-0.3, -0.25) is 13.9 Å². The van der Waals surface area contributed by atoms with Gasteiger partial charge in [-0.15, -0.1) is 0 Å². The molecule has 4 rings (SSSR count). The normalized spacial score (nSPS) is 11.8. The molecule has 0 aliphatic heterocycles. The van der Waals surface area contributed by atoms with Crippen LogP contribution in [0.4, 0.5) is 5.69 Å². The van der Waals surface area contributed by atoms with E-state index in [1.165, 1.54) is 24.1 Å². The SMILES string of the molecule is CCCNC(=O)[C@H](Cc1ccccc1)N(Cc1ccccc1)C(=O)CN(c1ccc(C)cc1)S(=O)(=O)c1ccc(OC)c(Br)c1. The van der Waals surface area contributed by atoms with Crippen LogP contribution in [0.15, 0.2) is 112 Å². The van der Waals surface area contributed by atoms with Crippen molar-refractivity contribution in [3.05, 3.63) is 124 Å². The number of halogens is 1. The summed E-state index contributed by atoms with van der Waals surface area (Å²) in [6.07, 6.45) is 0.991. The molecule has 0 aromatic heterocycles. The number of ether oxygens (including phenoxy) is 1. The Bertz CT molecular complexity index is 1680. The zero-order valence-corrected chi connectivity index (χ0v) is 28.1. The first-order valence-electron chi connectivity index (χ1n) is 14.7. The minimum atomic E-state index is -4.24. The van der Waals surface area contributed by atoms with Crippen molar-refractivity contribution < 1.29 is 22.7 Å². The fourth-order valence-electron chi connectivity index (χ4n) is 4.87. The number of methoxy groups -OCH3 is 1. The van der Waals surface area contributed by atoms with Gasteiger partial charge in [0.1, 0.15) is 18.3 Å². The number of hydrogen-bond acceptors (Lipinski definition) is 5. The van der Waals surface area contributed by atoms with E-state index in [4.69, 9.17) is 4.74 Å². The second kappa shape index (κ2) is 15.7. The van der Waals surface area contributed by atoms with E-state index in [0.29, 0.717) is 22.5 Å². The van der Waals surface area contributed by atoms with E-state index < -0.39 is 28.5 Å². The van der Waals surface area contributed by atoms with Crippen molar-refractivity contribution in [2.24, 2.45) is 0 Å². The second-order valence-electron chi connectivity index (χ2n) is 10.6. The van der Waals surface area contributed by atoms with Gasteiger partial charge in [0.05, 0.1) is 22.2 Å². The van der Waals surface area contributed by atoms with Crippen LogP contribution in [0, 0.1) is 6.92 Å². The minimum absolute atomic E-state index is 0.0142. The first-order valence-corrected chi connectivity index (χ1v) is 16.9. The summed E-state index contributed by atoms with van der Waals surface area (Å²) in [5, 5.41) is 2.96. The predicted molar refractivity (Wildman–Crippen MR) is 181 cm³/mol. The van der Waals surface area contributed by atoms with Crippen LogP contribution in [0.25, 0.3) is 0 Å². The lowest BCUT2D eigenvalue weighted by atomic mass is 10.0. The van der Waals surface area contributed by atoms with E-state index in [1.54, 1.807) is 30.3 Å². The lowest BCUT2D eigenvalue weighted by Crippen LogP contribution is -2.53. The zero-order valence-electron chi connectivity index (χ0n) is 25.6. The van der Waals surface area contributed by atoms with Crippen LogP contribution < -0.4 is 14.4 Å². The van der Waals surface area contributed by atoms with E-state index in [2.05, 4.69) is 21.2 Å². The van der Waals surface area contributed by atoms with Gasteiger partial charge in [-0.05, 0) is 70.7 Å². The smallest absolute Gasteiger partial charge is 0.264 e. The molecule has 8 nitrogen and oxygen atoms in total. The minimum Gasteiger partial charge on any atom is -0.496 e. The number of hydrogen-bond donors (Lipinski definition) is 1. The summed E-state index contributed by atoms with van der Waals surface area (Å²) < 4.78 is 35.3. The molecule has 0 radical (unpaired) electrons. The summed E-state index contributed by atoms with van der Waals surface area (Å²) in [6, 6.07) is 29.4. The quantitative estimate of drug-likeness (QED) is 0.172. The highest BCUT2D eigenvalue weighted by atomic mass is 79.9. The number of benzene rings is 4. The highest BCUT2D eigenvalue weighted by Gasteiger charge is 2.34. The molecule has 0 saturated carbocycles. The largest absolute Gasteiger partial charge is 0.496 e. The van der Waals surface area contributed by atoms with Crippen LogP contribution in [0.2, 0.25) is 0 Å². The van der Waals surface area contributed by atoms with Crippen molar-refractivity contribution in [1.82, 2.24) is 10.2 Å². The van der Waals surface area contributed by atoms with E-state index in [9.17, 15) is 18.0 Å². The molecular weight excluding hydrogens is 654 g/mol. The lowest BCUT2D eigenvalue weighted by molar-refractivity contribution is -0.140. The van der Waals surface area contributed by atoms with Crippen LogP contribution >= 0.6 is 15.9 Å². The van der Waals surface area contributed by atoms with Crippen molar-refractivity contribution in [2.75, 3.05) is 24.5 Å². The first-order chi connectivity index (χ1) is 21.6. The third kappa shape index (κ3) is 8.73. The van der Waals surface area contributed by atoms with Gasteiger partial charge in [0, 0.05) is 19.5 Å². The van der Waals surface area contributed by atoms with Crippen molar-refractivity contribution in [2.45, 2.75) is 44.2 Å². The monoisotopic (exact) mass is 691 g/mol. The number of carbonyl (C=O) groups is 2. The summed E-state index contributed by atoms with van der Waals surface area (Å²) in [6.45, 7) is 3.91. The molecule has 10 heteroatoms. The molecule has 0 unspecified atom stereocenters. The van der Waals surface area contributed by atoms with Gasteiger partial charge in [-0.1, -0.05) is 85.3 Å². The lowest BCUT2D eigenvalue weighted by Gasteiger charge is -2.34. The summed E-state index contributed by atoms with van der Waals surface area (Å²) in [4.78, 5) is 29.6. The van der Waals surface area contributed by atoms with E-state index in [-0.39, 0.29) is 23.8 Å². The number of amides is 2. The summed E-state index contributed by atoms with van der Waals surface area (Å²) in [5.74, 6) is -0.334. The van der Waals surface area contributed by atoms with Gasteiger partial charge in [-0.25, -0.2) is 8.42 Å². The molecule has 0 fully saturated rings. The molecule has 0 spiro atoms. The standard InChI is InChI=1S/C35H38BrN3O5S/c1-4-21-37-35(41)32(22-27-11-7-5-8-12-27)38(24-28-13-9-6-10-14-28)34(40)25-39(29-17-15-26(2)16-18-29)45(42,43)30-19-20-33(44-3)31(36)23-30/h5-20,23,32H,4,21-22,24-25H2,1-3H3,(H,37,41)/t32-/m0/s1. The molecule has 0 bridgehead atoms. The molecule has 0 aliphatic rings. The molecule has 2 amide bonds. The third-order valence-electron chi connectivity index (χ3n) is 7.33. The summed E-state index contributed by atoms with van der Waals surface area (Å²) in [7, 11) is -2.74. The zero-order chi connectivity index (χ0) is 32.4. The van der Waals surface area contributed by atoms with Gasteiger partial charge in [-0.2, -0.15) is 0 Å². The van der Waals surface area contributed by atoms with E-state index >= 15 is 0 Å². The van der Waals surface area contributed by atoms with Gasteiger partial charge >= 0.3 is 0 Å². The summed E-state index contributed by atoms with van der Waals surface area (Å²) in [5.41, 5.74) is 2.97. The van der Waals surface area contributed by atoms with E-state index in [0.717, 1.165) is 27.4 Å². The third-order valence-corrected chi connectivity index (χ3v) is 9.72.